The van der Waals surface area contributed by atoms with E-state index in [1.54, 1.807) is 0 Å². The monoisotopic (exact) mass is 346 g/mol. The molecule has 0 bridgehead atoms. The number of ketones is 1. The third kappa shape index (κ3) is 2.92. The number of Topliss-reactive ketones (excluding diaryl/α,β-unsaturated/α-hetero) is 1. The molecule has 3 atom stereocenters. The number of thioether (sulfide) groups is 2. The lowest BCUT2D eigenvalue weighted by molar-refractivity contribution is -0.121. The molecule has 1 aromatic rings. The van der Waals surface area contributed by atoms with Crippen LogP contribution < -0.4 is 0 Å². The van der Waals surface area contributed by atoms with E-state index < -0.39 is 5.41 Å². The lowest BCUT2D eigenvalue weighted by Crippen LogP contribution is -2.25. The van der Waals surface area contributed by atoms with Gasteiger partial charge in [-0.15, -0.1) is 0 Å². The molecule has 0 aromatic heterocycles. The molecule has 0 spiro atoms. The van der Waals surface area contributed by atoms with Gasteiger partial charge < -0.3 is 0 Å². The van der Waals surface area contributed by atoms with E-state index in [4.69, 9.17) is 0 Å². The third-order valence-electron chi connectivity index (χ3n) is 4.65. The molecular weight excluding hydrogens is 328 g/mol. The van der Waals surface area contributed by atoms with Gasteiger partial charge in [-0.25, -0.2) is 0 Å². The Kier molecular flexibility index (Phi) is 4.52. The largest absolute Gasteiger partial charge is 0.298 e. The predicted molar refractivity (Wildman–Crippen MR) is 95.4 cm³/mol. The second-order valence-electron chi connectivity index (χ2n) is 6.02. The van der Waals surface area contributed by atoms with Crippen LogP contribution in [0.15, 0.2) is 30.3 Å². The quantitative estimate of drug-likeness (QED) is 0.816. The van der Waals surface area contributed by atoms with E-state index in [2.05, 4.69) is 24.3 Å². The van der Waals surface area contributed by atoms with E-state index in [1.165, 1.54) is 31.2 Å². The Morgan fingerprint density at radius 3 is 2.48 bits per heavy atom. The number of rotatable bonds is 5. The molecule has 0 heterocycles. The second kappa shape index (κ2) is 6.29. The van der Waals surface area contributed by atoms with E-state index in [0.29, 0.717) is 5.75 Å². The van der Waals surface area contributed by atoms with Crippen molar-refractivity contribution in [2.45, 2.75) is 19.8 Å². The van der Waals surface area contributed by atoms with Gasteiger partial charge in [-0.1, -0.05) is 59.9 Å². The molecule has 1 aromatic carbocycles. The molecule has 1 saturated carbocycles. The molecule has 0 saturated heterocycles. The maximum Gasteiger partial charge on any atom is 0.186 e. The highest BCUT2D eigenvalue weighted by atomic mass is 32.2. The molecule has 2 aliphatic rings. The maximum atomic E-state index is 12.9. The smallest absolute Gasteiger partial charge is 0.186 e. The van der Waals surface area contributed by atoms with Crippen molar-refractivity contribution in [2.75, 3.05) is 11.5 Å². The van der Waals surface area contributed by atoms with Crippen molar-refractivity contribution >= 4 is 45.6 Å². The zero-order valence-corrected chi connectivity index (χ0v) is 14.7. The molecule has 0 radical (unpaired) electrons. The van der Waals surface area contributed by atoms with Crippen LogP contribution in [0.25, 0.3) is 6.08 Å². The van der Waals surface area contributed by atoms with Crippen molar-refractivity contribution < 1.29 is 14.4 Å². The number of benzene rings is 1. The molecule has 0 amide bonds. The van der Waals surface area contributed by atoms with Crippen LogP contribution in [0.2, 0.25) is 0 Å². The van der Waals surface area contributed by atoms with Gasteiger partial charge in [0.05, 0.1) is 11.2 Å². The zero-order chi connectivity index (χ0) is 16.6. The van der Waals surface area contributed by atoms with Gasteiger partial charge in [0.1, 0.15) is 0 Å². The molecule has 2 aliphatic carbocycles. The first-order valence-corrected chi connectivity index (χ1v) is 9.51. The summed E-state index contributed by atoms with van der Waals surface area (Å²) in [4.78, 5) is 35.5. The lowest BCUT2D eigenvalue weighted by atomic mass is 9.94. The fourth-order valence-corrected chi connectivity index (χ4v) is 5.10. The first-order valence-electron chi connectivity index (χ1n) is 7.54. The minimum absolute atomic E-state index is 0.0253. The lowest BCUT2D eigenvalue weighted by Gasteiger charge is -2.15. The number of hydrogen-bond donors (Lipinski definition) is 0. The zero-order valence-electron chi connectivity index (χ0n) is 13.1. The first kappa shape index (κ1) is 16.5. The summed E-state index contributed by atoms with van der Waals surface area (Å²) in [6.45, 7) is 3.01. The molecule has 5 heteroatoms. The minimum Gasteiger partial charge on any atom is -0.298 e. The molecule has 1 fully saturated rings. The highest BCUT2D eigenvalue weighted by molar-refractivity contribution is 8.14. The van der Waals surface area contributed by atoms with Crippen LogP contribution in [0, 0.1) is 11.3 Å². The highest BCUT2D eigenvalue weighted by Gasteiger charge is 2.68. The summed E-state index contributed by atoms with van der Waals surface area (Å²) in [6, 6.07) is 8.11. The van der Waals surface area contributed by atoms with Gasteiger partial charge in [-0.2, -0.15) is 0 Å². The summed E-state index contributed by atoms with van der Waals surface area (Å²) in [5, 5.41) is -0.0235. The molecular formula is C18H18O3S2. The molecule has 3 rings (SSSR count). The van der Waals surface area contributed by atoms with E-state index >= 15 is 0 Å². The summed E-state index contributed by atoms with van der Waals surface area (Å²) in [5.41, 5.74) is 1.79. The fourth-order valence-electron chi connectivity index (χ4n) is 3.52. The van der Waals surface area contributed by atoms with Gasteiger partial charge >= 0.3 is 0 Å². The van der Waals surface area contributed by atoms with E-state index in [9.17, 15) is 14.4 Å². The summed E-state index contributed by atoms with van der Waals surface area (Å²) in [7, 11) is 0. The van der Waals surface area contributed by atoms with Gasteiger partial charge in [-0.05, 0) is 17.0 Å². The van der Waals surface area contributed by atoms with Crippen molar-refractivity contribution in [3.8, 4) is 0 Å². The van der Waals surface area contributed by atoms with Gasteiger partial charge in [-0.3, -0.25) is 14.4 Å². The first-order chi connectivity index (χ1) is 11.0. The van der Waals surface area contributed by atoms with Crippen molar-refractivity contribution in [1.29, 1.82) is 0 Å². The average molecular weight is 346 g/mol. The topological polar surface area (TPSA) is 51.2 Å². The number of carbonyl (C=O) groups excluding carboxylic acids is 3. The van der Waals surface area contributed by atoms with Crippen molar-refractivity contribution in [3.63, 3.8) is 0 Å². The number of fused-ring (bicyclic) bond motifs is 3. The molecule has 0 unspecified atom stereocenters. The van der Waals surface area contributed by atoms with Crippen LogP contribution in [0.5, 0.6) is 0 Å². The van der Waals surface area contributed by atoms with E-state index in [0.717, 1.165) is 17.3 Å². The highest BCUT2D eigenvalue weighted by Crippen LogP contribution is 2.69. The van der Waals surface area contributed by atoms with Gasteiger partial charge in [0, 0.05) is 25.5 Å². The Morgan fingerprint density at radius 2 is 1.78 bits per heavy atom. The van der Waals surface area contributed by atoms with Crippen LogP contribution in [-0.2, 0) is 14.4 Å². The minimum atomic E-state index is -0.540. The maximum absolute atomic E-state index is 12.9. The predicted octanol–water partition coefficient (Wildman–Crippen LogP) is 3.54. The van der Waals surface area contributed by atoms with Crippen molar-refractivity contribution in [1.82, 2.24) is 0 Å². The molecule has 23 heavy (non-hydrogen) atoms. The molecule has 0 aliphatic heterocycles. The SMILES string of the molecule is CC(=O)SCC(=O)[C@@]1(CSC(C)=O)[C@@H]2C=Cc3ccccc3[C@@H]21. The summed E-state index contributed by atoms with van der Waals surface area (Å²) < 4.78 is 0. The normalized spacial score (nSPS) is 27.0. The Labute approximate surface area is 144 Å². The average Bonchev–Trinajstić information content (AvgIpc) is 3.20. The Balaban J connectivity index is 1.90. The summed E-state index contributed by atoms with van der Waals surface area (Å²) in [5.74, 6) is 1.05. The van der Waals surface area contributed by atoms with Crippen LogP contribution in [0.4, 0.5) is 0 Å². The fraction of sp³-hybridized carbons (Fsp3) is 0.389. The van der Waals surface area contributed by atoms with Crippen LogP contribution in [0.1, 0.15) is 30.9 Å². The van der Waals surface area contributed by atoms with E-state index in [1.807, 2.05) is 12.1 Å². The summed E-state index contributed by atoms with van der Waals surface area (Å²) in [6.07, 6.45) is 4.17. The van der Waals surface area contributed by atoms with Gasteiger partial charge in [0.15, 0.2) is 16.0 Å². The van der Waals surface area contributed by atoms with Crippen molar-refractivity contribution in [2.24, 2.45) is 11.3 Å². The number of allylic oxidation sites excluding steroid dienone is 1. The van der Waals surface area contributed by atoms with Crippen molar-refractivity contribution in [3.05, 3.63) is 41.5 Å². The van der Waals surface area contributed by atoms with Gasteiger partial charge in [0.2, 0.25) is 0 Å². The van der Waals surface area contributed by atoms with Crippen LogP contribution >= 0.6 is 23.5 Å². The number of carbonyl (C=O) groups is 3. The van der Waals surface area contributed by atoms with Gasteiger partial charge in [0.25, 0.3) is 0 Å². The van der Waals surface area contributed by atoms with Crippen LogP contribution in [0.3, 0.4) is 0 Å². The Bertz CT molecular complexity index is 710. The third-order valence-corrected chi connectivity index (χ3v) is 6.50. The standard InChI is InChI=1S/C18H18O3S2/c1-11(19)22-9-16(21)18(10-23-12(2)20)15-8-7-13-5-3-4-6-14(13)17(15)18/h3-8,15,17H,9-10H2,1-2H3/t15-,17+,18-/m1/s1. The molecule has 3 nitrogen and oxygen atoms in total. The molecule has 0 N–H and O–H groups in total. The van der Waals surface area contributed by atoms with Crippen LogP contribution in [-0.4, -0.2) is 27.5 Å². The number of hydrogen-bond acceptors (Lipinski definition) is 5. The summed E-state index contributed by atoms with van der Waals surface area (Å²) >= 11 is 2.28. The van der Waals surface area contributed by atoms with E-state index in [-0.39, 0.29) is 33.6 Å². The Morgan fingerprint density at radius 1 is 1.09 bits per heavy atom. The Hall–Kier alpha value is -1.33. The second-order valence-corrected chi connectivity index (χ2v) is 8.32. The molecule has 120 valence electrons.